The summed E-state index contributed by atoms with van der Waals surface area (Å²) in [5.74, 6) is -0.374. The van der Waals surface area contributed by atoms with Gasteiger partial charge < -0.3 is 15.0 Å². The van der Waals surface area contributed by atoms with E-state index >= 15 is 0 Å². The van der Waals surface area contributed by atoms with Gasteiger partial charge >= 0.3 is 0 Å². The molecule has 0 aliphatic carbocycles. The van der Waals surface area contributed by atoms with Crippen LogP contribution in [0, 0.1) is 0 Å². The lowest BCUT2D eigenvalue weighted by Crippen LogP contribution is -2.50. The summed E-state index contributed by atoms with van der Waals surface area (Å²) in [6, 6.07) is 10.1. The van der Waals surface area contributed by atoms with Gasteiger partial charge in [0.2, 0.25) is 11.0 Å². The summed E-state index contributed by atoms with van der Waals surface area (Å²) in [6.45, 7) is 0.423. The number of aliphatic hydroxyl groups is 1. The van der Waals surface area contributed by atoms with Crippen LogP contribution in [-0.4, -0.2) is 79.7 Å². The van der Waals surface area contributed by atoms with E-state index in [1.165, 1.54) is 21.6 Å². The standard InChI is InChI=1S/C22H20ClN7O4S/c23-15-4-5-18-19(10-15)28-22(27-18)35(33,34)30-8-6-29(7-9-30)21(32)20-24-11-14(12-25-20)17-3-1-2-16(13-31)26-17/h1-5,10-12,31H,6-9,13H2,(H,27,28). The zero-order chi connectivity index (χ0) is 24.6. The van der Waals surface area contributed by atoms with Crippen molar-refractivity contribution in [1.82, 2.24) is 34.1 Å². The second-order valence-electron chi connectivity index (χ2n) is 7.87. The van der Waals surface area contributed by atoms with E-state index in [1.54, 1.807) is 36.4 Å². The first-order valence-corrected chi connectivity index (χ1v) is 12.5. The molecule has 5 rings (SSSR count). The number of imidazole rings is 1. The number of piperazine rings is 1. The lowest BCUT2D eigenvalue weighted by atomic mass is 10.2. The van der Waals surface area contributed by atoms with E-state index in [0.717, 1.165) is 0 Å². The lowest BCUT2D eigenvalue weighted by Gasteiger charge is -2.33. The molecule has 0 spiro atoms. The van der Waals surface area contributed by atoms with Crippen LogP contribution in [0.5, 0.6) is 0 Å². The molecule has 1 amide bonds. The molecule has 4 heterocycles. The minimum atomic E-state index is -3.86. The number of hydrogen-bond donors (Lipinski definition) is 2. The molecule has 0 bridgehead atoms. The fourth-order valence-corrected chi connectivity index (χ4v) is 5.29. The fraction of sp³-hybridized carbons (Fsp3) is 0.227. The van der Waals surface area contributed by atoms with Crippen molar-refractivity contribution in [2.45, 2.75) is 11.8 Å². The molecule has 180 valence electrons. The number of sulfonamides is 1. The van der Waals surface area contributed by atoms with Crippen molar-refractivity contribution in [2.75, 3.05) is 26.2 Å². The summed E-state index contributed by atoms with van der Waals surface area (Å²) in [7, 11) is -3.86. The molecule has 1 aliphatic rings. The summed E-state index contributed by atoms with van der Waals surface area (Å²) in [5, 5.41) is 9.57. The number of nitrogens with one attached hydrogen (secondary N) is 1. The third-order valence-electron chi connectivity index (χ3n) is 5.64. The van der Waals surface area contributed by atoms with Crippen LogP contribution in [0.3, 0.4) is 0 Å². The highest BCUT2D eigenvalue weighted by atomic mass is 35.5. The number of benzene rings is 1. The minimum absolute atomic E-state index is 0.0116. The van der Waals surface area contributed by atoms with E-state index in [1.807, 2.05) is 0 Å². The lowest BCUT2D eigenvalue weighted by molar-refractivity contribution is 0.0685. The van der Waals surface area contributed by atoms with Gasteiger partial charge in [-0.25, -0.2) is 23.4 Å². The highest BCUT2D eigenvalue weighted by molar-refractivity contribution is 7.89. The van der Waals surface area contributed by atoms with Crippen LogP contribution < -0.4 is 0 Å². The molecular weight excluding hydrogens is 494 g/mol. The number of amides is 1. The second-order valence-corrected chi connectivity index (χ2v) is 10.2. The molecule has 4 aromatic rings. The first-order chi connectivity index (χ1) is 16.8. The molecule has 35 heavy (non-hydrogen) atoms. The Balaban J connectivity index is 1.26. The number of nitrogens with zero attached hydrogens (tertiary/aromatic N) is 6. The number of carbonyl (C=O) groups is 1. The summed E-state index contributed by atoms with van der Waals surface area (Å²) < 4.78 is 27.4. The average Bonchev–Trinajstić information content (AvgIpc) is 3.33. The Bertz CT molecular complexity index is 1500. The van der Waals surface area contributed by atoms with E-state index in [0.29, 0.717) is 33.0 Å². The van der Waals surface area contributed by atoms with E-state index in [2.05, 4.69) is 24.9 Å². The first kappa shape index (κ1) is 23.3. The number of aromatic amines is 1. The Morgan fingerprint density at radius 2 is 1.80 bits per heavy atom. The van der Waals surface area contributed by atoms with Crippen LogP contribution in [0.4, 0.5) is 0 Å². The van der Waals surface area contributed by atoms with Crippen LogP contribution in [0.15, 0.2) is 53.9 Å². The fourth-order valence-electron chi connectivity index (χ4n) is 3.78. The van der Waals surface area contributed by atoms with Crippen molar-refractivity contribution >= 4 is 38.6 Å². The van der Waals surface area contributed by atoms with Gasteiger partial charge in [0.25, 0.3) is 15.9 Å². The number of halogens is 1. The van der Waals surface area contributed by atoms with Crippen molar-refractivity contribution in [3.63, 3.8) is 0 Å². The Morgan fingerprint density at radius 3 is 2.51 bits per heavy atom. The van der Waals surface area contributed by atoms with Crippen molar-refractivity contribution in [3.8, 4) is 11.3 Å². The molecule has 0 saturated carbocycles. The quantitative estimate of drug-likeness (QED) is 0.410. The monoisotopic (exact) mass is 513 g/mol. The maximum atomic E-state index is 13.1. The van der Waals surface area contributed by atoms with Gasteiger partial charge in [-0.1, -0.05) is 17.7 Å². The highest BCUT2D eigenvalue weighted by Gasteiger charge is 2.33. The van der Waals surface area contributed by atoms with Gasteiger partial charge in [-0.3, -0.25) is 9.78 Å². The summed E-state index contributed by atoms with van der Waals surface area (Å²) in [6.07, 6.45) is 3.00. The van der Waals surface area contributed by atoms with E-state index in [4.69, 9.17) is 11.6 Å². The maximum Gasteiger partial charge on any atom is 0.291 e. The van der Waals surface area contributed by atoms with Gasteiger partial charge in [0.1, 0.15) is 0 Å². The van der Waals surface area contributed by atoms with Gasteiger partial charge in [-0.2, -0.15) is 4.31 Å². The maximum absolute atomic E-state index is 13.1. The van der Waals surface area contributed by atoms with Crippen molar-refractivity contribution in [1.29, 1.82) is 0 Å². The van der Waals surface area contributed by atoms with E-state index in [9.17, 15) is 18.3 Å². The molecule has 1 aromatic carbocycles. The number of hydrogen-bond acceptors (Lipinski definition) is 8. The van der Waals surface area contributed by atoms with Crippen LogP contribution in [-0.2, 0) is 16.6 Å². The third-order valence-corrected chi connectivity index (χ3v) is 7.60. The zero-order valence-electron chi connectivity index (χ0n) is 18.3. The molecule has 1 saturated heterocycles. The zero-order valence-corrected chi connectivity index (χ0v) is 19.9. The van der Waals surface area contributed by atoms with Crippen molar-refractivity contribution in [3.05, 3.63) is 65.3 Å². The highest BCUT2D eigenvalue weighted by Crippen LogP contribution is 2.22. The number of carbonyl (C=O) groups excluding carboxylic acids is 1. The summed E-state index contributed by atoms with van der Waals surface area (Å²) in [4.78, 5) is 34.0. The van der Waals surface area contributed by atoms with Crippen molar-refractivity contribution in [2.24, 2.45) is 0 Å². The van der Waals surface area contributed by atoms with Crippen molar-refractivity contribution < 1.29 is 18.3 Å². The predicted molar refractivity (Wildman–Crippen MR) is 127 cm³/mol. The number of fused-ring (bicyclic) bond motifs is 1. The Morgan fingerprint density at radius 1 is 1.06 bits per heavy atom. The average molecular weight is 514 g/mol. The molecule has 1 aliphatic heterocycles. The van der Waals surface area contributed by atoms with Crippen LogP contribution in [0.25, 0.3) is 22.3 Å². The molecular formula is C22H20ClN7O4S. The molecule has 2 N–H and O–H groups in total. The molecule has 1 fully saturated rings. The topological polar surface area (TPSA) is 145 Å². The number of H-pyrrole nitrogens is 1. The van der Waals surface area contributed by atoms with E-state index < -0.39 is 10.0 Å². The molecule has 13 heteroatoms. The Labute approximate surface area is 205 Å². The SMILES string of the molecule is O=C(c1ncc(-c2cccc(CO)n2)cn1)N1CCN(S(=O)(=O)c2nc3ccc(Cl)cc3[nH]2)CC1. The molecule has 0 radical (unpaired) electrons. The Hall–Kier alpha value is -3.45. The predicted octanol–water partition coefficient (Wildman–Crippen LogP) is 1.71. The summed E-state index contributed by atoms with van der Waals surface area (Å²) in [5.41, 5.74) is 2.74. The van der Waals surface area contributed by atoms with Gasteiger partial charge in [0, 0.05) is 49.2 Å². The van der Waals surface area contributed by atoms with Gasteiger partial charge in [-0.15, -0.1) is 0 Å². The molecule has 0 unspecified atom stereocenters. The summed E-state index contributed by atoms with van der Waals surface area (Å²) >= 11 is 5.97. The second kappa shape index (κ2) is 9.30. The number of aliphatic hydroxyl groups excluding tert-OH is 1. The smallest absolute Gasteiger partial charge is 0.291 e. The molecule has 0 atom stereocenters. The van der Waals surface area contributed by atoms with Crippen LogP contribution in [0.2, 0.25) is 5.02 Å². The van der Waals surface area contributed by atoms with Crippen LogP contribution >= 0.6 is 11.6 Å². The Kier molecular flexibility index (Phi) is 6.19. The number of aromatic nitrogens is 5. The molecule has 11 nitrogen and oxygen atoms in total. The minimum Gasteiger partial charge on any atom is -0.390 e. The van der Waals surface area contributed by atoms with Gasteiger partial charge in [0.05, 0.1) is 29.0 Å². The largest absolute Gasteiger partial charge is 0.390 e. The van der Waals surface area contributed by atoms with Gasteiger partial charge in [-0.05, 0) is 30.3 Å². The van der Waals surface area contributed by atoms with Crippen LogP contribution in [0.1, 0.15) is 16.3 Å². The van der Waals surface area contributed by atoms with E-state index in [-0.39, 0.29) is 49.7 Å². The number of pyridine rings is 1. The number of rotatable bonds is 5. The van der Waals surface area contributed by atoms with Gasteiger partial charge in [0.15, 0.2) is 0 Å². The normalized spacial score (nSPS) is 15.0. The molecule has 3 aromatic heterocycles. The first-order valence-electron chi connectivity index (χ1n) is 10.7. The third kappa shape index (κ3) is 4.60.